The van der Waals surface area contributed by atoms with E-state index >= 15 is 0 Å². The van der Waals surface area contributed by atoms with Gasteiger partial charge in [0.05, 0.1) is 0 Å². The number of amides is 1. The van der Waals surface area contributed by atoms with Crippen molar-refractivity contribution in [3.8, 4) is 0 Å². The molecule has 0 saturated carbocycles. The van der Waals surface area contributed by atoms with E-state index in [-0.39, 0.29) is 0 Å². The van der Waals surface area contributed by atoms with Gasteiger partial charge in [0, 0.05) is 19.0 Å². The van der Waals surface area contributed by atoms with Gasteiger partial charge in [-0.25, -0.2) is 0 Å². The largest absolute Gasteiger partial charge is 0.336 e. The van der Waals surface area contributed by atoms with Crippen molar-refractivity contribution in [1.29, 1.82) is 0 Å². The lowest BCUT2D eigenvalue weighted by molar-refractivity contribution is -0.126. The minimum Gasteiger partial charge on any atom is -0.336 e. The van der Waals surface area contributed by atoms with Crippen LogP contribution in [0.3, 0.4) is 0 Å². The fraction of sp³-hybridized carbons (Fsp3) is 0.875. The zero-order chi connectivity index (χ0) is 7.72. The highest BCUT2D eigenvalue weighted by molar-refractivity contribution is 5.79. The number of rotatable bonds is 2. The minimum atomic E-state index is 0.322. The Bertz CT molecular complexity index is 142. The molecule has 1 aliphatic heterocycles. The first-order chi connectivity index (χ1) is 4.61. The van der Waals surface area contributed by atoms with Gasteiger partial charge in [0.2, 0.25) is 5.91 Å². The molecule has 0 aromatic heterocycles. The summed E-state index contributed by atoms with van der Waals surface area (Å²) in [4.78, 5) is 13.1. The molecule has 0 aliphatic carbocycles. The fourth-order valence-corrected chi connectivity index (χ4v) is 1.05. The first kappa shape index (κ1) is 7.58. The van der Waals surface area contributed by atoms with Crippen LogP contribution in [0.15, 0.2) is 0 Å². The Hall–Kier alpha value is -0.530. The maximum atomic E-state index is 11.2. The van der Waals surface area contributed by atoms with Gasteiger partial charge in [0.25, 0.3) is 0 Å². The zero-order valence-corrected chi connectivity index (χ0v) is 6.92. The Kier molecular flexibility index (Phi) is 1.97. The quantitative estimate of drug-likeness (QED) is 0.530. The fourth-order valence-electron chi connectivity index (χ4n) is 1.05. The number of hydrogen-bond donors (Lipinski definition) is 0. The van der Waals surface area contributed by atoms with E-state index < -0.39 is 0 Å². The molecule has 1 unspecified atom stereocenters. The monoisotopic (exact) mass is 141 g/mol. The normalized spacial score (nSPS) is 23.6. The van der Waals surface area contributed by atoms with Crippen LogP contribution < -0.4 is 0 Å². The van der Waals surface area contributed by atoms with Crippen LogP contribution in [0.25, 0.3) is 0 Å². The molecule has 0 radical (unpaired) electrons. The third kappa shape index (κ3) is 1.72. The number of carbonyl (C=O) groups excluding carboxylic acids is 1. The highest BCUT2D eigenvalue weighted by atomic mass is 16.2. The summed E-state index contributed by atoms with van der Waals surface area (Å²) in [6, 6.07) is 0.520. The number of nitrogens with zero attached hydrogens (tertiary/aromatic N) is 1. The van der Waals surface area contributed by atoms with Gasteiger partial charge in [-0.2, -0.15) is 0 Å². The predicted octanol–water partition coefficient (Wildman–Crippen LogP) is 1.26. The Balaban J connectivity index is 2.23. The first-order valence-corrected chi connectivity index (χ1v) is 3.90. The van der Waals surface area contributed by atoms with Crippen molar-refractivity contribution in [2.75, 3.05) is 6.54 Å². The van der Waals surface area contributed by atoms with Crippen molar-refractivity contribution in [3.05, 3.63) is 0 Å². The van der Waals surface area contributed by atoms with Crippen LogP contribution in [0, 0.1) is 5.92 Å². The van der Waals surface area contributed by atoms with Gasteiger partial charge < -0.3 is 4.90 Å². The van der Waals surface area contributed by atoms with Crippen molar-refractivity contribution >= 4 is 5.91 Å². The number of carbonyl (C=O) groups is 1. The van der Waals surface area contributed by atoms with Gasteiger partial charge >= 0.3 is 0 Å². The lowest BCUT2D eigenvalue weighted by Gasteiger charge is -2.04. The van der Waals surface area contributed by atoms with Crippen LogP contribution >= 0.6 is 0 Å². The maximum Gasteiger partial charge on any atom is 0.223 e. The lowest BCUT2D eigenvalue weighted by Crippen LogP contribution is -2.14. The molecule has 1 rings (SSSR count). The van der Waals surface area contributed by atoms with Gasteiger partial charge in [-0.1, -0.05) is 13.8 Å². The second-order valence-corrected chi connectivity index (χ2v) is 3.49. The van der Waals surface area contributed by atoms with Gasteiger partial charge in [-0.3, -0.25) is 4.79 Å². The highest BCUT2D eigenvalue weighted by Gasteiger charge is 2.33. The Morgan fingerprint density at radius 1 is 1.70 bits per heavy atom. The zero-order valence-electron chi connectivity index (χ0n) is 6.92. The van der Waals surface area contributed by atoms with Crippen LogP contribution in [0.5, 0.6) is 0 Å². The Morgan fingerprint density at radius 3 is 2.50 bits per heavy atom. The molecule has 1 saturated heterocycles. The molecule has 1 heterocycles. The van der Waals surface area contributed by atoms with E-state index in [0.29, 0.717) is 24.3 Å². The van der Waals surface area contributed by atoms with Crippen LogP contribution in [-0.4, -0.2) is 23.4 Å². The third-order valence-corrected chi connectivity index (χ3v) is 1.76. The standard InChI is InChI=1S/C8H15NO/c1-6(2)4-8(10)9-5-7(9)3/h6-7H,4-5H2,1-3H3. The summed E-state index contributed by atoms with van der Waals surface area (Å²) in [6.07, 6.45) is 0.713. The molecule has 0 spiro atoms. The van der Waals surface area contributed by atoms with E-state index in [2.05, 4.69) is 20.8 Å². The summed E-state index contributed by atoms with van der Waals surface area (Å²) in [5, 5.41) is 0. The molecular formula is C8H15NO. The van der Waals surface area contributed by atoms with Crippen molar-refractivity contribution < 1.29 is 4.79 Å². The summed E-state index contributed by atoms with van der Waals surface area (Å²) in [5.41, 5.74) is 0. The van der Waals surface area contributed by atoms with Crippen LogP contribution in [0.2, 0.25) is 0 Å². The van der Waals surface area contributed by atoms with Gasteiger partial charge in [0.15, 0.2) is 0 Å². The smallest absolute Gasteiger partial charge is 0.223 e. The molecule has 10 heavy (non-hydrogen) atoms. The van der Waals surface area contributed by atoms with E-state index in [4.69, 9.17) is 0 Å². The van der Waals surface area contributed by atoms with Crippen molar-refractivity contribution in [2.45, 2.75) is 33.2 Å². The summed E-state index contributed by atoms with van der Waals surface area (Å²) >= 11 is 0. The Morgan fingerprint density at radius 2 is 2.20 bits per heavy atom. The van der Waals surface area contributed by atoms with Gasteiger partial charge in [-0.15, -0.1) is 0 Å². The summed E-state index contributed by atoms with van der Waals surface area (Å²) in [7, 11) is 0. The Labute approximate surface area is 62.2 Å². The van der Waals surface area contributed by atoms with E-state index in [1.807, 2.05) is 4.90 Å². The molecule has 1 atom stereocenters. The van der Waals surface area contributed by atoms with Gasteiger partial charge in [-0.05, 0) is 12.8 Å². The van der Waals surface area contributed by atoms with Crippen molar-refractivity contribution in [2.24, 2.45) is 5.92 Å². The summed E-state index contributed by atoms with van der Waals surface area (Å²) in [6.45, 7) is 7.21. The third-order valence-electron chi connectivity index (χ3n) is 1.76. The van der Waals surface area contributed by atoms with Crippen LogP contribution in [0.1, 0.15) is 27.2 Å². The molecule has 1 aliphatic rings. The van der Waals surface area contributed by atoms with E-state index in [0.717, 1.165) is 6.54 Å². The molecule has 1 amide bonds. The van der Waals surface area contributed by atoms with E-state index in [1.54, 1.807) is 0 Å². The molecule has 58 valence electrons. The molecular weight excluding hydrogens is 126 g/mol. The van der Waals surface area contributed by atoms with Crippen LogP contribution in [-0.2, 0) is 4.79 Å². The van der Waals surface area contributed by atoms with Crippen LogP contribution in [0.4, 0.5) is 0 Å². The lowest BCUT2D eigenvalue weighted by atomic mass is 10.1. The number of hydrogen-bond acceptors (Lipinski definition) is 1. The molecule has 0 aromatic rings. The van der Waals surface area contributed by atoms with Gasteiger partial charge in [0.1, 0.15) is 0 Å². The average molecular weight is 141 g/mol. The summed E-state index contributed by atoms with van der Waals surface area (Å²) in [5.74, 6) is 0.822. The highest BCUT2D eigenvalue weighted by Crippen LogP contribution is 2.18. The molecule has 0 bridgehead atoms. The molecule has 2 nitrogen and oxygen atoms in total. The van der Waals surface area contributed by atoms with E-state index in [9.17, 15) is 4.79 Å². The average Bonchev–Trinajstić information content (AvgIpc) is 2.44. The maximum absolute atomic E-state index is 11.2. The minimum absolute atomic E-state index is 0.322. The SMILES string of the molecule is CC(C)CC(=O)N1CC1C. The van der Waals surface area contributed by atoms with E-state index in [1.165, 1.54) is 0 Å². The molecule has 0 N–H and O–H groups in total. The molecule has 2 heteroatoms. The second-order valence-electron chi connectivity index (χ2n) is 3.49. The molecule has 1 fully saturated rings. The second kappa shape index (κ2) is 2.60. The topological polar surface area (TPSA) is 20.1 Å². The van der Waals surface area contributed by atoms with Crippen molar-refractivity contribution in [3.63, 3.8) is 0 Å². The van der Waals surface area contributed by atoms with Crippen molar-refractivity contribution in [1.82, 2.24) is 4.90 Å². The predicted molar refractivity (Wildman–Crippen MR) is 40.6 cm³/mol. The summed E-state index contributed by atoms with van der Waals surface area (Å²) < 4.78 is 0. The first-order valence-electron chi connectivity index (χ1n) is 3.90. The molecule has 0 aromatic carbocycles.